The number of rotatable bonds is 8. The first-order chi connectivity index (χ1) is 15.5. The maximum atomic E-state index is 12.6. The van der Waals surface area contributed by atoms with Crippen LogP contribution in [0.3, 0.4) is 0 Å². The monoisotopic (exact) mass is 434 g/mol. The molecule has 0 aliphatic heterocycles. The number of methoxy groups -OCH3 is 2. The molecule has 164 valence electrons. The fourth-order valence-electron chi connectivity index (χ4n) is 2.85. The van der Waals surface area contributed by atoms with E-state index in [1.807, 2.05) is 0 Å². The van der Waals surface area contributed by atoms with Crippen LogP contribution >= 0.6 is 0 Å². The van der Waals surface area contributed by atoms with Crippen molar-refractivity contribution in [3.63, 3.8) is 0 Å². The zero-order valence-corrected chi connectivity index (χ0v) is 17.6. The van der Waals surface area contributed by atoms with Crippen molar-refractivity contribution in [2.24, 2.45) is 0 Å². The van der Waals surface area contributed by atoms with Crippen molar-refractivity contribution in [1.82, 2.24) is 0 Å². The summed E-state index contributed by atoms with van der Waals surface area (Å²) in [5.41, 5.74) is 1.27. The highest BCUT2D eigenvalue weighted by Gasteiger charge is 2.17. The summed E-state index contributed by atoms with van der Waals surface area (Å²) < 4.78 is 15.5. The highest BCUT2D eigenvalue weighted by atomic mass is 16.5. The predicted molar refractivity (Wildman–Crippen MR) is 119 cm³/mol. The summed E-state index contributed by atoms with van der Waals surface area (Å²) in [7, 11) is 2.98. The normalized spacial score (nSPS) is 10.1. The van der Waals surface area contributed by atoms with Crippen molar-refractivity contribution < 1.29 is 28.6 Å². The molecule has 0 saturated carbocycles. The van der Waals surface area contributed by atoms with Gasteiger partial charge in [-0.25, -0.2) is 4.79 Å². The number of anilines is 2. The summed E-state index contributed by atoms with van der Waals surface area (Å²) >= 11 is 0. The number of benzene rings is 3. The van der Waals surface area contributed by atoms with Crippen molar-refractivity contribution in [3.8, 4) is 11.5 Å². The highest BCUT2D eigenvalue weighted by molar-refractivity contribution is 6.08. The van der Waals surface area contributed by atoms with Gasteiger partial charge in [-0.05, 0) is 36.4 Å². The zero-order chi connectivity index (χ0) is 22.9. The molecule has 0 spiro atoms. The van der Waals surface area contributed by atoms with Crippen LogP contribution in [0.4, 0.5) is 11.4 Å². The standard InChI is InChI=1S/C24H22N2O6/c1-30-17-12-13-20(21(14-17)31-2)25-22(27)15-32-24(29)18-10-6-7-11-19(18)26-23(28)16-8-4-3-5-9-16/h3-14H,15H2,1-2H3,(H,25,27)(H,26,28). The van der Waals surface area contributed by atoms with Gasteiger partial charge in [0.25, 0.3) is 11.8 Å². The van der Waals surface area contributed by atoms with Crippen LogP contribution in [0.5, 0.6) is 11.5 Å². The molecule has 0 radical (unpaired) electrons. The molecule has 3 aromatic rings. The van der Waals surface area contributed by atoms with Gasteiger partial charge in [0.1, 0.15) is 11.5 Å². The molecule has 0 aliphatic carbocycles. The maximum absolute atomic E-state index is 12.6. The number of carbonyl (C=O) groups excluding carboxylic acids is 3. The van der Waals surface area contributed by atoms with Gasteiger partial charge in [0, 0.05) is 11.6 Å². The van der Waals surface area contributed by atoms with Gasteiger partial charge < -0.3 is 24.8 Å². The molecule has 32 heavy (non-hydrogen) atoms. The largest absolute Gasteiger partial charge is 0.497 e. The zero-order valence-electron chi connectivity index (χ0n) is 17.6. The van der Waals surface area contributed by atoms with Crippen LogP contribution < -0.4 is 20.1 Å². The molecule has 8 heteroatoms. The number of amides is 2. The second-order valence-corrected chi connectivity index (χ2v) is 6.56. The van der Waals surface area contributed by atoms with Gasteiger partial charge in [0.2, 0.25) is 0 Å². The van der Waals surface area contributed by atoms with Crippen LogP contribution in [0.15, 0.2) is 72.8 Å². The van der Waals surface area contributed by atoms with Crippen LogP contribution in [-0.4, -0.2) is 38.6 Å². The Kier molecular flexibility index (Phi) is 7.42. The van der Waals surface area contributed by atoms with E-state index in [1.54, 1.807) is 66.7 Å². The Bertz CT molecular complexity index is 1110. The van der Waals surface area contributed by atoms with E-state index in [2.05, 4.69) is 10.6 Å². The Morgan fingerprint density at radius 2 is 1.50 bits per heavy atom. The van der Waals surface area contributed by atoms with Gasteiger partial charge in [-0.15, -0.1) is 0 Å². The van der Waals surface area contributed by atoms with E-state index < -0.39 is 18.5 Å². The molecule has 0 aromatic heterocycles. The van der Waals surface area contributed by atoms with Crippen molar-refractivity contribution in [2.45, 2.75) is 0 Å². The molecular weight excluding hydrogens is 412 g/mol. The second kappa shape index (κ2) is 10.6. The Morgan fingerprint density at radius 3 is 2.22 bits per heavy atom. The SMILES string of the molecule is COc1ccc(NC(=O)COC(=O)c2ccccc2NC(=O)c2ccccc2)c(OC)c1. The van der Waals surface area contributed by atoms with E-state index in [0.717, 1.165) is 0 Å². The number of nitrogens with one attached hydrogen (secondary N) is 2. The van der Waals surface area contributed by atoms with Crippen molar-refractivity contribution in [1.29, 1.82) is 0 Å². The lowest BCUT2D eigenvalue weighted by molar-refractivity contribution is -0.119. The molecule has 0 saturated heterocycles. The molecule has 3 rings (SSSR count). The first kappa shape index (κ1) is 22.4. The maximum Gasteiger partial charge on any atom is 0.340 e. The minimum atomic E-state index is -0.745. The lowest BCUT2D eigenvalue weighted by Crippen LogP contribution is -2.22. The lowest BCUT2D eigenvalue weighted by atomic mass is 10.1. The minimum Gasteiger partial charge on any atom is -0.497 e. The number of esters is 1. The fraction of sp³-hybridized carbons (Fsp3) is 0.125. The summed E-state index contributed by atoms with van der Waals surface area (Å²) in [4.78, 5) is 37.2. The first-order valence-electron chi connectivity index (χ1n) is 9.66. The molecule has 0 fully saturated rings. The molecule has 2 N–H and O–H groups in total. The fourth-order valence-corrected chi connectivity index (χ4v) is 2.85. The Morgan fingerprint density at radius 1 is 0.781 bits per heavy atom. The van der Waals surface area contributed by atoms with E-state index in [-0.39, 0.29) is 17.2 Å². The van der Waals surface area contributed by atoms with Crippen molar-refractivity contribution in [2.75, 3.05) is 31.5 Å². The molecule has 0 bridgehead atoms. The third-order valence-electron chi connectivity index (χ3n) is 4.45. The Labute approximate surface area is 185 Å². The second-order valence-electron chi connectivity index (χ2n) is 6.56. The minimum absolute atomic E-state index is 0.131. The van der Waals surface area contributed by atoms with Gasteiger partial charge in [-0.2, -0.15) is 0 Å². The number of carbonyl (C=O) groups is 3. The van der Waals surface area contributed by atoms with E-state index in [0.29, 0.717) is 22.7 Å². The van der Waals surface area contributed by atoms with Gasteiger partial charge in [0.15, 0.2) is 6.61 Å². The molecule has 2 amide bonds. The van der Waals surface area contributed by atoms with E-state index >= 15 is 0 Å². The predicted octanol–water partition coefficient (Wildman–Crippen LogP) is 3.75. The third-order valence-corrected chi connectivity index (χ3v) is 4.45. The Balaban J connectivity index is 1.63. The van der Waals surface area contributed by atoms with Crippen LogP contribution in [0.2, 0.25) is 0 Å². The van der Waals surface area contributed by atoms with Crippen LogP contribution in [0, 0.1) is 0 Å². The number of hydrogen-bond acceptors (Lipinski definition) is 6. The smallest absolute Gasteiger partial charge is 0.340 e. The summed E-state index contributed by atoms with van der Waals surface area (Å²) in [5.74, 6) is -0.688. The van der Waals surface area contributed by atoms with Crippen LogP contribution in [0.25, 0.3) is 0 Å². The van der Waals surface area contributed by atoms with Gasteiger partial charge in [0.05, 0.1) is 31.2 Å². The summed E-state index contributed by atoms with van der Waals surface area (Å²) in [6.45, 7) is -0.519. The Hall–Kier alpha value is -4.33. The quantitative estimate of drug-likeness (QED) is 0.524. The lowest BCUT2D eigenvalue weighted by Gasteiger charge is -2.13. The number of hydrogen-bond donors (Lipinski definition) is 2. The molecule has 0 aliphatic rings. The summed E-state index contributed by atoms with van der Waals surface area (Å²) in [5, 5.41) is 5.31. The molecule has 3 aromatic carbocycles. The first-order valence-corrected chi connectivity index (χ1v) is 9.66. The topological polar surface area (TPSA) is 103 Å². The number of ether oxygens (including phenoxy) is 3. The number of para-hydroxylation sites is 1. The molecular formula is C24H22N2O6. The average Bonchev–Trinajstić information content (AvgIpc) is 2.83. The third kappa shape index (κ3) is 5.63. The molecule has 0 atom stereocenters. The highest BCUT2D eigenvalue weighted by Crippen LogP contribution is 2.29. The van der Waals surface area contributed by atoms with E-state index in [1.165, 1.54) is 20.3 Å². The molecule has 0 unspecified atom stereocenters. The summed E-state index contributed by atoms with van der Waals surface area (Å²) in [6.07, 6.45) is 0. The summed E-state index contributed by atoms with van der Waals surface area (Å²) in [6, 6.07) is 19.9. The van der Waals surface area contributed by atoms with E-state index in [9.17, 15) is 14.4 Å². The molecule has 8 nitrogen and oxygen atoms in total. The molecule has 0 heterocycles. The van der Waals surface area contributed by atoms with Gasteiger partial charge in [-0.3, -0.25) is 9.59 Å². The van der Waals surface area contributed by atoms with E-state index in [4.69, 9.17) is 14.2 Å². The average molecular weight is 434 g/mol. The van der Waals surface area contributed by atoms with Crippen molar-refractivity contribution in [3.05, 3.63) is 83.9 Å². The van der Waals surface area contributed by atoms with Crippen LogP contribution in [0.1, 0.15) is 20.7 Å². The van der Waals surface area contributed by atoms with Crippen LogP contribution in [-0.2, 0) is 9.53 Å². The van der Waals surface area contributed by atoms with Gasteiger partial charge in [-0.1, -0.05) is 30.3 Å². The van der Waals surface area contributed by atoms with Gasteiger partial charge >= 0.3 is 5.97 Å². The van der Waals surface area contributed by atoms with Crippen molar-refractivity contribution >= 4 is 29.2 Å².